The van der Waals surface area contributed by atoms with Gasteiger partial charge >= 0.3 is 0 Å². The number of carbonyl (C=O) groups excluding carboxylic acids is 1. The zero-order valence-electron chi connectivity index (χ0n) is 13.9. The van der Waals surface area contributed by atoms with Gasteiger partial charge in [0.25, 0.3) is 10.0 Å². The fourth-order valence-electron chi connectivity index (χ4n) is 1.80. The molecule has 1 aromatic heterocycles. The lowest BCUT2D eigenvalue weighted by atomic mass is 10.3. The molecule has 0 aliphatic rings. The third-order valence-electron chi connectivity index (χ3n) is 3.16. The molecule has 1 heterocycles. The lowest BCUT2D eigenvalue weighted by Gasteiger charge is -2.13. The predicted octanol–water partition coefficient (Wildman–Crippen LogP) is -0.0671. The molecule has 0 spiro atoms. The molecule has 1 amide bonds. The average molecular weight is 368 g/mol. The zero-order valence-corrected chi connectivity index (χ0v) is 15.6. The normalized spacial score (nSPS) is 12.5. The van der Waals surface area contributed by atoms with Gasteiger partial charge in [-0.15, -0.1) is 12.4 Å². The third-order valence-corrected chi connectivity index (χ3v) is 4.50. The van der Waals surface area contributed by atoms with Crippen molar-refractivity contribution >= 4 is 28.3 Å². The number of sulfonamides is 1. The van der Waals surface area contributed by atoms with Gasteiger partial charge in [-0.2, -0.15) is 0 Å². The van der Waals surface area contributed by atoms with Crippen molar-refractivity contribution in [2.45, 2.75) is 38.3 Å². The largest absolute Gasteiger partial charge is 0.355 e. The Hall–Kier alpha value is -1.16. The Kier molecular flexibility index (Phi) is 9.37. The second-order valence-corrected chi connectivity index (χ2v) is 6.86. The first-order valence-electron chi connectivity index (χ1n) is 7.26. The van der Waals surface area contributed by atoms with Gasteiger partial charge in [-0.3, -0.25) is 4.79 Å². The van der Waals surface area contributed by atoms with Crippen LogP contribution in [0.25, 0.3) is 0 Å². The fourth-order valence-corrected chi connectivity index (χ4v) is 2.87. The van der Waals surface area contributed by atoms with E-state index in [9.17, 15) is 13.2 Å². The number of nitrogens with zero attached hydrogens (tertiary/aromatic N) is 2. The van der Waals surface area contributed by atoms with Gasteiger partial charge in [-0.05, 0) is 20.4 Å². The van der Waals surface area contributed by atoms with Gasteiger partial charge in [0, 0.05) is 38.8 Å². The maximum atomic E-state index is 12.0. The second kappa shape index (κ2) is 9.86. The number of hydrogen-bond acceptors (Lipinski definition) is 5. The van der Waals surface area contributed by atoms with Crippen LogP contribution in [0, 0.1) is 6.92 Å². The summed E-state index contributed by atoms with van der Waals surface area (Å²) >= 11 is 0. The molecular formula is C13H26ClN5O3S. The highest BCUT2D eigenvalue weighted by molar-refractivity contribution is 7.89. The Balaban J connectivity index is 0.00000484. The molecule has 1 atom stereocenters. The number of halogens is 1. The van der Waals surface area contributed by atoms with Crippen molar-refractivity contribution in [3.05, 3.63) is 12.0 Å². The van der Waals surface area contributed by atoms with E-state index in [1.165, 1.54) is 6.20 Å². The lowest BCUT2D eigenvalue weighted by Crippen LogP contribution is -2.39. The number of hydrogen-bond donors (Lipinski definition) is 3. The molecule has 0 fully saturated rings. The summed E-state index contributed by atoms with van der Waals surface area (Å²) in [4.78, 5) is 15.6. The molecule has 1 aromatic rings. The van der Waals surface area contributed by atoms with Gasteiger partial charge in [0.1, 0.15) is 5.82 Å². The summed E-state index contributed by atoms with van der Waals surface area (Å²) in [6.45, 7) is 7.07. The number of amides is 1. The molecule has 0 saturated heterocycles. The van der Waals surface area contributed by atoms with Crippen molar-refractivity contribution in [1.29, 1.82) is 0 Å². The number of carbonyl (C=O) groups is 1. The third kappa shape index (κ3) is 7.30. The minimum absolute atomic E-state index is 0. The van der Waals surface area contributed by atoms with Gasteiger partial charge in [-0.25, -0.2) is 18.1 Å². The van der Waals surface area contributed by atoms with Crippen LogP contribution in [0.1, 0.15) is 26.1 Å². The first-order valence-corrected chi connectivity index (χ1v) is 8.74. The maximum absolute atomic E-state index is 12.0. The van der Waals surface area contributed by atoms with Crippen LogP contribution in [0.2, 0.25) is 0 Å². The number of nitrogens with one attached hydrogen (secondary N) is 3. The molecule has 0 saturated carbocycles. The van der Waals surface area contributed by atoms with Crippen LogP contribution in [0.3, 0.4) is 0 Å². The Morgan fingerprint density at radius 2 is 2.09 bits per heavy atom. The molecule has 10 heteroatoms. The summed E-state index contributed by atoms with van der Waals surface area (Å²) in [5.74, 6) is 0.417. The van der Waals surface area contributed by atoms with Crippen molar-refractivity contribution < 1.29 is 13.2 Å². The molecule has 0 radical (unpaired) electrons. The van der Waals surface area contributed by atoms with E-state index in [-0.39, 0.29) is 42.3 Å². The van der Waals surface area contributed by atoms with E-state index < -0.39 is 10.0 Å². The van der Waals surface area contributed by atoms with Crippen molar-refractivity contribution in [3.8, 4) is 0 Å². The summed E-state index contributed by atoms with van der Waals surface area (Å²) in [5, 5.41) is 5.89. The van der Waals surface area contributed by atoms with Crippen molar-refractivity contribution in [3.63, 3.8) is 0 Å². The van der Waals surface area contributed by atoms with Gasteiger partial charge in [0.2, 0.25) is 5.91 Å². The second-order valence-electron chi connectivity index (χ2n) is 5.15. The van der Waals surface area contributed by atoms with Crippen LogP contribution in [0.4, 0.5) is 0 Å². The molecule has 134 valence electrons. The molecule has 0 aromatic carbocycles. The van der Waals surface area contributed by atoms with Crippen LogP contribution in [-0.2, 0) is 21.9 Å². The Morgan fingerprint density at radius 3 is 2.61 bits per heavy atom. The molecule has 23 heavy (non-hydrogen) atoms. The number of imidazole rings is 1. The Bertz CT molecular complexity index is 583. The van der Waals surface area contributed by atoms with E-state index in [4.69, 9.17) is 0 Å². The van der Waals surface area contributed by atoms with Crippen molar-refractivity contribution in [2.24, 2.45) is 7.05 Å². The smallest absolute Gasteiger partial charge is 0.259 e. The van der Waals surface area contributed by atoms with Gasteiger partial charge in [0.05, 0.1) is 0 Å². The van der Waals surface area contributed by atoms with E-state index in [2.05, 4.69) is 20.3 Å². The van der Waals surface area contributed by atoms with Crippen LogP contribution >= 0.6 is 12.4 Å². The molecule has 0 unspecified atom stereocenters. The first-order chi connectivity index (χ1) is 10.3. The Labute approximate surface area is 143 Å². The summed E-state index contributed by atoms with van der Waals surface area (Å²) in [6, 6.07) is 0.183. The standard InChI is InChI=1S/C13H25N5O3S.ClH/c1-5-14-10(2)8-15-12(19)6-7-16-22(20,21)13-9-18(4)11(3)17-13;/h9-10,14,16H,5-8H2,1-4H3,(H,15,19);1H/t10-;/m1./s1. The van der Waals surface area contributed by atoms with Gasteiger partial charge < -0.3 is 15.2 Å². The average Bonchev–Trinajstić information content (AvgIpc) is 2.77. The first kappa shape index (κ1) is 21.8. The van der Waals surface area contributed by atoms with E-state index in [1.54, 1.807) is 18.5 Å². The molecule has 8 nitrogen and oxygen atoms in total. The SMILES string of the molecule is CCN[C@H](C)CNC(=O)CCNS(=O)(=O)c1cn(C)c(C)n1.Cl. The number of aryl methyl sites for hydroxylation is 2. The van der Waals surface area contributed by atoms with Crippen LogP contribution in [0.15, 0.2) is 11.2 Å². The monoisotopic (exact) mass is 367 g/mol. The van der Waals surface area contributed by atoms with E-state index in [0.29, 0.717) is 12.4 Å². The van der Waals surface area contributed by atoms with E-state index in [1.807, 2.05) is 13.8 Å². The van der Waals surface area contributed by atoms with E-state index in [0.717, 1.165) is 6.54 Å². The summed E-state index contributed by atoms with van der Waals surface area (Å²) in [6.07, 6.45) is 1.53. The van der Waals surface area contributed by atoms with Crippen LogP contribution in [0.5, 0.6) is 0 Å². The number of likely N-dealkylation sites (N-methyl/N-ethyl adjacent to an activating group) is 1. The summed E-state index contributed by atoms with van der Waals surface area (Å²) in [5.41, 5.74) is 0. The van der Waals surface area contributed by atoms with Gasteiger partial charge in [-0.1, -0.05) is 6.92 Å². The minimum atomic E-state index is -3.67. The number of rotatable bonds is 9. The van der Waals surface area contributed by atoms with Crippen LogP contribution < -0.4 is 15.4 Å². The van der Waals surface area contributed by atoms with Crippen molar-refractivity contribution in [2.75, 3.05) is 19.6 Å². The van der Waals surface area contributed by atoms with Crippen LogP contribution in [-0.4, -0.2) is 49.6 Å². The maximum Gasteiger partial charge on any atom is 0.259 e. The van der Waals surface area contributed by atoms with E-state index >= 15 is 0 Å². The molecule has 0 aliphatic heterocycles. The highest BCUT2D eigenvalue weighted by Gasteiger charge is 2.18. The quantitative estimate of drug-likeness (QED) is 0.566. The molecule has 3 N–H and O–H groups in total. The Morgan fingerprint density at radius 1 is 1.43 bits per heavy atom. The molecule has 0 bridgehead atoms. The summed E-state index contributed by atoms with van der Waals surface area (Å²) < 4.78 is 28.0. The molecular weight excluding hydrogens is 342 g/mol. The van der Waals surface area contributed by atoms with Crippen molar-refractivity contribution in [1.82, 2.24) is 24.9 Å². The summed E-state index contributed by atoms with van der Waals surface area (Å²) in [7, 11) is -1.95. The molecule has 1 rings (SSSR count). The van der Waals surface area contributed by atoms with Gasteiger partial charge in [0.15, 0.2) is 5.03 Å². The molecule has 0 aliphatic carbocycles. The highest BCUT2D eigenvalue weighted by Crippen LogP contribution is 2.07. The zero-order chi connectivity index (χ0) is 16.8. The predicted molar refractivity (Wildman–Crippen MR) is 91.1 cm³/mol. The lowest BCUT2D eigenvalue weighted by molar-refractivity contribution is -0.121. The fraction of sp³-hybridized carbons (Fsp3) is 0.692. The number of aromatic nitrogens is 2. The topological polar surface area (TPSA) is 105 Å². The highest BCUT2D eigenvalue weighted by atomic mass is 35.5. The minimum Gasteiger partial charge on any atom is -0.355 e.